The van der Waals surface area contributed by atoms with Crippen LogP contribution in [-0.2, 0) is 4.79 Å². The Kier molecular flexibility index (Phi) is 7.38. The molecule has 0 saturated heterocycles. The molecule has 0 aliphatic carbocycles. The van der Waals surface area contributed by atoms with E-state index < -0.39 is 0 Å². The summed E-state index contributed by atoms with van der Waals surface area (Å²) in [5.41, 5.74) is 0.777. The number of hydrogen-bond donors (Lipinski definition) is 2. The number of carbonyl (C=O) groups excluding carboxylic acids is 2. The number of nitrogens with zero attached hydrogens (tertiary/aromatic N) is 1. The molecule has 128 valence electrons. The Morgan fingerprint density at radius 3 is 2.22 bits per heavy atom. The normalized spacial score (nSPS) is 10.6. The number of amides is 3. The summed E-state index contributed by atoms with van der Waals surface area (Å²) in [7, 11) is 0. The minimum atomic E-state index is -0.232. The molecule has 0 unspecified atom stereocenters. The Bertz CT molecular complexity index is 512. The zero-order chi connectivity index (χ0) is 17.4. The van der Waals surface area contributed by atoms with Gasteiger partial charge >= 0.3 is 6.03 Å². The van der Waals surface area contributed by atoms with Gasteiger partial charge in [-0.1, -0.05) is 0 Å². The Morgan fingerprint density at radius 1 is 1.13 bits per heavy atom. The molecule has 0 aliphatic rings. The van der Waals surface area contributed by atoms with Gasteiger partial charge in [0.05, 0.1) is 6.10 Å². The molecule has 6 heteroatoms. The number of rotatable bonds is 7. The molecular weight excluding hydrogens is 294 g/mol. The van der Waals surface area contributed by atoms with E-state index >= 15 is 0 Å². The number of anilines is 1. The number of benzene rings is 1. The Hall–Kier alpha value is -2.24. The summed E-state index contributed by atoms with van der Waals surface area (Å²) in [6.45, 7) is 10.00. The molecule has 3 amide bonds. The first kappa shape index (κ1) is 18.8. The highest BCUT2D eigenvalue weighted by Gasteiger charge is 2.12. The average Bonchev–Trinajstić information content (AvgIpc) is 2.43. The van der Waals surface area contributed by atoms with Gasteiger partial charge in [0.1, 0.15) is 5.75 Å². The zero-order valence-corrected chi connectivity index (χ0v) is 14.6. The second kappa shape index (κ2) is 9.02. The van der Waals surface area contributed by atoms with Crippen LogP contribution in [-0.4, -0.2) is 37.2 Å². The maximum Gasteiger partial charge on any atom is 0.315 e. The molecule has 0 radical (unpaired) electrons. The fraction of sp³-hybridized carbons (Fsp3) is 0.529. The smallest absolute Gasteiger partial charge is 0.315 e. The van der Waals surface area contributed by atoms with Crippen LogP contribution in [0.25, 0.3) is 0 Å². The van der Waals surface area contributed by atoms with Gasteiger partial charge in [-0.05, 0) is 52.0 Å². The van der Waals surface area contributed by atoms with Gasteiger partial charge in [-0.25, -0.2) is 4.79 Å². The van der Waals surface area contributed by atoms with E-state index in [1.165, 1.54) is 6.92 Å². The summed E-state index contributed by atoms with van der Waals surface area (Å²) in [5.74, 6) is 0.690. The molecule has 23 heavy (non-hydrogen) atoms. The van der Waals surface area contributed by atoms with Gasteiger partial charge in [-0.2, -0.15) is 0 Å². The van der Waals surface area contributed by atoms with Gasteiger partial charge in [0, 0.05) is 31.7 Å². The third kappa shape index (κ3) is 7.04. The van der Waals surface area contributed by atoms with Gasteiger partial charge in [0.25, 0.3) is 0 Å². The number of nitrogens with one attached hydrogen (secondary N) is 2. The molecule has 0 saturated carbocycles. The molecule has 1 aromatic carbocycles. The summed E-state index contributed by atoms with van der Waals surface area (Å²) >= 11 is 0. The van der Waals surface area contributed by atoms with Crippen molar-refractivity contribution in [1.29, 1.82) is 0 Å². The summed E-state index contributed by atoms with van der Waals surface area (Å²) in [6.07, 6.45) is 0.105. The summed E-state index contributed by atoms with van der Waals surface area (Å²) in [4.78, 5) is 25.0. The van der Waals surface area contributed by atoms with Gasteiger partial charge in [-0.3, -0.25) is 4.79 Å². The van der Waals surface area contributed by atoms with Crippen molar-refractivity contribution in [3.63, 3.8) is 0 Å². The molecule has 2 N–H and O–H groups in total. The monoisotopic (exact) mass is 321 g/mol. The van der Waals surface area contributed by atoms with Crippen molar-refractivity contribution >= 4 is 17.6 Å². The van der Waals surface area contributed by atoms with Crippen molar-refractivity contribution in [2.75, 3.05) is 18.0 Å². The van der Waals surface area contributed by atoms with Crippen molar-refractivity contribution in [2.45, 2.75) is 46.8 Å². The molecule has 0 heterocycles. The highest BCUT2D eigenvalue weighted by molar-refractivity contribution is 5.91. The fourth-order valence-electron chi connectivity index (χ4n) is 2.04. The van der Waals surface area contributed by atoms with E-state index in [4.69, 9.17) is 4.74 Å². The molecule has 0 bridgehead atoms. The van der Waals surface area contributed by atoms with E-state index in [2.05, 4.69) is 10.6 Å². The molecule has 0 aromatic heterocycles. The highest BCUT2D eigenvalue weighted by atomic mass is 16.5. The quantitative estimate of drug-likeness (QED) is 0.811. The standard InChI is InChI=1S/C17H27N3O3/c1-12(2)19-17(22)18-10-11-20(14(5)21)15-6-8-16(9-7-15)23-13(3)4/h6-9,12-13H,10-11H2,1-5H3,(H2,18,19,22). The van der Waals surface area contributed by atoms with Crippen LogP contribution in [0, 0.1) is 0 Å². The second-order valence-electron chi connectivity index (χ2n) is 5.89. The maximum absolute atomic E-state index is 11.8. The topological polar surface area (TPSA) is 70.7 Å². The minimum absolute atomic E-state index is 0.0754. The molecule has 1 rings (SSSR count). The second-order valence-corrected chi connectivity index (χ2v) is 5.89. The maximum atomic E-state index is 11.8. The van der Waals surface area contributed by atoms with E-state index in [0.29, 0.717) is 13.1 Å². The Morgan fingerprint density at radius 2 is 1.74 bits per heavy atom. The first-order valence-electron chi connectivity index (χ1n) is 7.88. The lowest BCUT2D eigenvalue weighted by Gasteiger charge is -2.22. The number of ether oxygens (including phenoxy) is 1. The summed E-state index contributed by atoms with van der Waals surface area (Å²) < 4.78 is 5.59. The van der Waals surface area contributed by atoms with Crippen LogP contribution in [0.1, 0.15) is 34.6 Å². The molecule has 0 aliphatic heterocycles. The van der Waals surface area contributed by atoms with Crippen LogP contribution in [0.15, 0.2) is 24.3 Å². The van der Waals surface area contributed by atoms with E-state index in [0.717, 1.165) is 11.4 Å². The zero-order valence-electron chi connectivity index (χ0n) is 14.6. The average molecular weight is 321 g/mol. The van der Waals surface area contributed by atoms with Gasteiger partial charge < -0.3 is 20.3 Å². The molecular formula is C17H27N3O3. The molecule has 1 aromatic rings. The van der Waals surface area contributed by atoms with Gasteiger partial charge in [0.2, 0.25) is 5.91 Å². The first-order valence-corrected chi connectivity index (χ1v) is 7.88. The molecule has 0 fully saturated rings. The summed E-state index contributed by atoms with van der Waals surface area (Å²) in [6, 6.07) is 7.20. The van der Waals surface area contributed by atoms with E-state index in [1.54, 1.807) is 4.90 Å². The van der Waals surface area contributed by atoms with Crippen LogP contribution >= 0.6 is 0 Å². The first-order chi connectivity index (χ1) is 10.8. The van der Waals surface area contributed by atoms with E-state index in [9.17, 15) is 9.59 Å². The number of urea groups is 1. The lowest BCUT2D eigenvalue weighted by molar-refractivity contribution is -0.116. The molecule has 6 nitrogen and oxygen atoms in total. The number of hydrogen-bond acceptors (Lipinski definition) is 3. The SMILES string of the molecule is CC(=O)N(CCNC(=O)NC(C)C)c1ccc(OC(C)C)cc1. The lowest BCUT2D eigenvalue weighted by atomic mass is 10.2. The van der Waals surface area contributed by atoms with Crippen molar-refractivity contribution in [3.05, 3.63) is 24.3 Å². The van der Waals surface area contributed by atoms with E-state index in [1.807, 2.05) is 52.0 Å². The molecule has 0 spiro atoms. The predicted octanol–water partition coefficient (Wildman–Crippen LogP) is 2.53. The van der Waals surface area contributed by atoms with Crippen LogP contribution in [0.4, 0.5) is 10.5 Å². The number of carbonyl (C=O) groups is 2. The Labute approximate surface area is 138 Å². The Balaban J connectivity index is 2.61. The van der Waals surface area contributed by atoms with Crippen LogP contribution in [0.5, 0.6) is 5.75 Å². The van der Waals surface area contributed by atoms with Crippen LogP contribution in [0.3, 0.4) is 0 Å². The fourth-order valence-corrected chi connectivity index (χ4v) is 2.04. The van der Waals surface area contributed by atoms with Gasteiger partial charge in [-0.15, -0.1) is 0 Å². The highest BCUT2D eigenvalue weighted by Crippen LogP contribution is 2.20. The predicted molar refractivity (Wildman–Crippen MR) is 91.9 cm³/mol. The third-order valence-electron chi connectivity index (χ3n) is 2.94. The van der Waals surface area contributed by atoms with E-state index in [-0.39, 0.29) is 24.1 Å². The van der Waals surface area contributed by atoms with Crippen molar-refractivity contribution < 1.29 is 14.3 Å². The lowest BCUT2D eigenvalue weighted by Crippen LogP contribution is -2.43. The molecule has 0 atom stereocenters. The minimum Gasteiger partial charge on any atom is -0.491 e. The van der Waals surface area contributed by atoms with Gasteiger partial charge in [0.15, 0.2) is 0 Å². The third-order valence-corrected chi connectivity index (χ3v) is 2.94. The van der Waals surface area contributed by atoms with Crippen molar-refractivity contribution in [2.24, 2.45) is 0 Å². The van der Waals surface area contributed by atoms with Crippen LogP contribution < -0.4 is 20.3 Å². The van der Waals surface area contributed by atoms with Crippen molar-refractivity contribution in [1.82, 2.24) is 10.6 Å². The largest absolute Gasteiger partial charge is 0.491 e. The van der Waals surface area contributed by atoms with Crippen LogP contribution in [0.2, 0.25) is 0 Å². The van der Waals surface area contributed by atoms with Crippen molar-refractivity contribution in [3.8, 4) is 5.75 Å². The summed E-state index contributed by atoms with van der Waals surface area (Å²) in [5, 5.41) is 5.48.